The minimum absolute atomic E-state index is 0.0997. The average molecular weight is 354 g/mol. The fourth-order valence-electron chi connectivity index (χ4n) is 2.97. The summed E-state index contributed by atoms with van der Waals surface area (Å²) < 4.78 is 31.1. The molecule has 0 saturated carbocycles. The summed E-state index contributed by atoms with van der Waals surface area (Å²) in [5.74, 6) is 0.480. The minimum atomic E-state index is -3.24. The second-order valence-electron chi connectivity index (χ2n) is 6.04. The van der Waals surface area contributed by atoms with Crippen molar-refractivity contribution in [3.63, 3.8) is 0 Å². The van der Waals surface area contributed by atoms with Gasteiger partial charge in [-0.2, -0.15) is 0 Å². The molecule has 24 heavy (non-hydrogen) atoms. The van der Waals surface area contributed by atoms with Crippen molar-refractivity contribution in [2.45, 2.75) is 32.7 Å². The SMILES string of the molecule is CCCS(=O)(=O)N1CCCC(C(=O)NCc2ccccc2OC)C1. The summed E-state index contributed by atoms with van der Waals surface area (Å²) in [7, 11) is -1.65. The number of amides is 1. The largest absolute Gasteiger partial charge is 0.496 e. The van der Waals surface area contributed by atoms with E-state index in [0.29, 0.717) is 19.5 Å². The average Bonchev–Trinajstić information content (AvgIpc) is 2.60. The van der Waals surface area contributed by atoms with Gasteiger partial charge in [0.25, 0.3) is 0 Å². The third-order valence-corrected chi connectivity index (χ3v) is 6.30. The Bertz CT molecular complexity index is 660. The number of piperidine rings is 1. The molecule has 2 rings (SSSR count). The van der Waals surface area contributed by atoms with Crippen molar-refractivity contribution in [1.82, 2.24) is 9.62 Å². The van der Waals surface area contributed by atoms with E-state index in [-0.39, 0.29) is 24.1 Å². The van der Waals surface area contributed by atoms with Gasteiger partial charge in [-0.05, 0) is 25.3 Å². The molecule has 7 heteroatoms. The Morgan fingerprint density at radius 1 is 1.38 bits per heavy atom. The van der Waals surface area contributed by atoms with E-state index in [1.165, 1.54) is 4.31 Å². The second kappa shape index (κ2) is 8.48. The van der Waals surface area contributed by atoms with E-state index in [2.05, 4.69) is 5.32 Å². The predicted octanol–water partition coefficient (Wildman–Crippen LogP) is 1.76. The van der Waals surface area contributed by atoms with Gasteiger partial charge in [-0.15, -0.1) is 0 Å². The Morgan fingerprint density at radius 2 is 2.12 bits per heavy atom. The molecule has 1 fully saturated rings. The van der Waals surface area contributed by atoms with Crippen molar-refractivity contribution >= 4 is 15.9 Å². The van der Waals surface area contributed by atoms with E-state index in [1.54, 1.807) is 7.11 Å². The summed E-state index contributed by atoms with van der Waals surface area (Å²) in [5.41, 5.74) is 0.902. The lowest BCUT2D eigenvalue weighted by atomic mass is 9.98. The number of sulfonamides is 1. The molecule has 0 radical (unpaired) electrons. The fraction of sp³-hybridized carbons (Fsp3) is 0.588. The van der Waals surface area contributed by atoms with Crippen LogP contribution in [0.2, 0.25) is 0 Å². The van der Waals surface area contributed by atoms with Gasteiger partial charge in [0, 0.05) is 25.2 Å². The van der Waals surface area contributed by atoms with Gasteiger partial charge in [0.1, 0.15) is 5.75 Å². The van der Waals surface area contributed by atoms with Gasteiger partial charge in [-0.1, -0.05) is 25.1 Å². The van der Waals surface area contributed by atoms with Crippen LogP contribution < -0.4 is 10.1 Å². The third kappa shape index (κ3) is 4.70. The second-order valence-corrected chi connectivity index (χ2v) is 8.13. The molecule has 1 aromatic rings. The monoisotopic (exact) mass is 354 g/mol. The molecule has 1 aliphatic heterocycles. The maximum absolute atomic E-state index is 12.4. The highest BCUT2D eigenvalue weighted by atomic mass is 32.2. The van der Waals surface area contributed by atoms with Crippen LogP contribution in [-0.4, -0.2) is 44.6 Å². The predicted molar refractivity (Wildman–Crippen MR) is 93.2 cm³/mol. The van der Waals surface area contributed by atoms with Crippen LogP contribution in [0, 0.1) is 5.92 Å². The molecule has 1 saturated heterocycles. The number of para-hydroxylation sites is 1. The molecule has 1 aromatic carbocycles. The number of carbonyl (C=O) groups is 1. The molecule has 1 N–H and O–H groups in total. The lowest BCUT2D eigenvalue weighted by molar-refractivity contribution is -0.126. The van der Waals surface area contributed by atoms with Gasteiger partial charge in [0.15, 0.2) is 0 Å². The van der Waals surface area contributed by atoms with E-state index in [0.717, 1.165) is 24.2 Å². The fourth-order valence-corrected chi connectivity index (χ4v) is 4.56. The number of rotatable bonds is 7. The lowest BCUT2D eigenvalue weighted by Gasteiger charge is -2.31. The number of benzene rings is 1. The van der Waals surface area contributed by atoms with Crippen LogP contribution in [0.4, 0.5) is 0 Å². The van der Waals surface area contributed by atoms with Crippen LogP contribution >= 0.6 is 0 Å². The first-order valence-electron chi connectivity index (χ1n) is 8.35. The van der Waals surface area contributed by atoms with Crippen molar-refractivity contribution in [2.24, 2.45) is 5.92 Å². The molecule has 1 atom stereocenters. The zero-order valence-electron chi connectivity index (χ0n) is 14.3. The Kier molecular flexibility index (Phi) is 6.62. The van der Waals surface area contributed by atoms with Crippen molar-refractivity contribution < 1.29 is 17.9 Å². The molecular formula is C17H26N2O4S. The quantitative estimate of drug-likeness (QED) is 0.810. The number of hydrogen-bond acceptors (Lipinski definition) is 4. The van der Waals surface area contributed by atoms with E-state index in [9.17, 15) is 13.2 Å². The molecule has 1 aliphatic rings. The lowest BCUT2D eigenvalue weighted by Crippen LogP contribution is -2.45. The van der Waals surface area contributed by atoms with Crippen LogP contribution in [0.1, 0.15) is 31.7 Å². The highest BCUT2D eigenvalue weighted by molar-refractivity contribution is 7.89. The summed E-state index contributed by atoms with van der Waals surface area (Å²) in [6.07, 6.45) is 2.02. The van der Waals surface area contributed by atoms with Gasteiger partial charge in [0.05, 0.1) is 18.8 Å². The molecule has 1 heterocycles. The summed E-state index contributed by atoms with van der Waals surface area (Å²) in [4.78, 5) is 12.4. The first-order valence-corrected chi connectivity index (χ1v) is 9.96. The van der Waals surface area contributed by atoms with Crippen molar-refractivity contribution in [3.05, 3.63) is 29.8 Å². The molecule has 0 spiro atoms. The summed E-state index contributed by atoms with van der Waals surface area (Å²) in [6.45, 7) is 3.01. The van der Waals surface area contributed by atoms with Gasteiger partial charge >= 0.3 is 0 Å². The molecule has 0 bridgehead atoms. The Morgan fingerprint density at radius 3 is 2.83 bits per heavy atom. The van der Waals surface area contributed by atoms with E-state index >= 15 is 0 Å². The minimum Gasteiger partial charge on any atom is -0.496 e. The normalized spacial score (nSPS) is 19.0. The Hall–Kier alpha value is -1.60. The molecule has 134 valence electrons. The Labute approximate surface area is 144 Å². The molecule has 1 amide bonds. The third-order valence-electron chi connectivity index (χ3n) is 4.26. The van der Waals surface area contributed by atoms with Crippen LogP contribution in [0.25, 0.3) is 0 Å². The van der Waals surface area contributed by atoms with Gasteiger partial charge in [0.2, 0.25) is 15.9 Å². The first-order chi connectivity index (χ1) is 11.5. The van der Waals surface area contributed by atoms with Crippen LogP contribution in [0.5, 0.6) is 5.75 Å². The number of nitrogens with zero attached hydrogens (tertiary/aromatic N) is 1. The van der Waals surface area contributed by atoms with Crippen LogP contribution in [-0.2, 0) is 21.4 Å². The summed E-state index contributed by atoms with van der Waals surface area (Å²) in [5, 5.41) is 2.91. The van der Waals surface area contributed by atoms with Gasteiger partial charge in [-0.3, -0.25) is 4.79 Å². The highest BCUT2D eigenvalue weighted by Crippen LogP contribution is 2.21. The molecular weight excluding hydrogens is 328 g/mol. The van der Waals surface area contributed by atoms with Crippen LogP contribution in [0.15, 0.2) is 24.3 Å². The smallest absolute Gasteiger partial charge is 0.224 e. The first kappa shape index (κ1) is 18.7. The van der Waals surface area contributed by atoms with Crippen molar-refractivity contribution in [3.8, 4) is 5.75 Å². The zero-order chi connectivity index (χ0) is 17.6. The maximum Gasteiger partial charge on any atom is 0.224 e. The zero-order valence-corrected chi connectivity index (χ0v) is 15.1. The van der Waals surface area contributed by atoms with Gasteiger partial charge < -0.3 is 10.1 Å². The number of ether oxygens (including phenoxy) is 1. The topological polar surface area (TPSA) is 75.7 Å². The standard InChI is InChI=1S/C17H26N2O4S/c1-3-11-24(21,22)19-10-6-8-15(13-19)17(20)18-12-14-7-4-5-9-16(14)23-2/h4-5,7,9,15H,3,6,8,10-13H2,1-2H3,(H,18,20). The molecule has 6 nitrogen and oxygen atoms in total. The molecule has 0 aliphatic carbocycles. The van der Waals surface area contributed by atoms with Crippen LogP contribution in [0.3, 0.4) is 0 Å². The molecule has 1 unspecified atom stereocenters. The number of nitrogens with one attached hydrogen (secondary N) is 1. The van der Waals surface area contributed by atoms with E-state index in [1.807, 2.05) is 31.2 Å². The maximum atomic E-state index is 12.4. The van der Waals surface area contributed by atoms with Gasteiger partial charge in [-0.25, -0.2) is 12.7 Å². The summed E-state index contributed by atoms with van der Waals surface area (Å²) >= 11 is 0. The van der Waals surface area contributed by atoms with E-state index in [4.69, 9.17) is 4.74 Å². The number of hydrogen-bond donors (Lipinski definition) is 1. The number of carbonyl (C=O) groups excluding carboxylic acids is 1. The highest BCUT2D eigenvalue weighted by Gasteiger charge is 2.31. The molecule has 0 aromatic heterocycles. The Balaban J connectivity index is 1.95. The van der Waals surface area contributed by atoms with Crippen molar-refractivity contribution in [1.29, 1.82) is 0 Å². The van der Waals surface area contributed by atoms with E-state index < -0.39 is 10.0 Å². The van der Waals surface area contributed by atoms with Crippen molar-refractivity contribution in [2.75, 3.05) is 26.0 Å². The summed E-state index contributed by atoms with van der Waals surface area (Å²) in [6, 6.07) is 7.52. The number of methoxy groups -OCH3 is 1.